The third-order valence-electron chi connectivity index (χ3n) is 3.26. The number of amides is 2. The lowest BCUT2D eigenvalue weighted by atomic mass is 10.2. The molecule has 0 saturated heterocycles. The lowest BCUT2D eigenvalue weighted by Gasteiger charge is -2.17. The van der Waals surface area contributed by atoms with Gasteiger partial charge < -0.3 is 15.5 Å². The number of carbonyl (C=O) groups excluding carboxylic acids is 1. The van der Waals surface area contributed by atoms with Crippen LogP contribution in [0, 0.1) is 5.82 Å². The molecule has 1 aromatic carbocycles. The molecule has 4 N–H and O–H groups in total. The molecule has 2 amide bonds. The number of urea groups is 1. The highest BCUT2D eigenvalue weighted by Crippen LogP contribution is 2.04. The molecule has 0 saturated carbocycles. The van der Waals surface area contributed by atoms with Crippen molar-refractivity contribution in [1.82, 2.24) is 15.5 Å². The van der Waals surface area contributed by atoms with Crippen LogP contribution >= 0.6 is 0 Å². The lowest BCUT2D eigenvalue weighted by Crippen LogP contribution is -2.44. The second-order valence-electron chi connectivity index (χ2n) is 5.40. The van der Waals surface area contributed by atoms with Crippen molar-refractivity contribution in [2.75, 3.05) is 26.7 Å². The summed E-state index contributed by atoms with van der Waals surface area (Å²) in [6.45, 7) is 3.00. The van der Waals surface area contributed by atoms with Crippen molar-refractivity contribution in [2.45, 2.75) is 18.7 Å². The number of likely N-dealkylation sites (N-methyl/N-ethyl adjacent to an activating group) is 1. The highest BCUT2D eigenvalue weighted by Gasteiger charge is 2.16. The molecule has 0 radical (unpaired) electrons. The normalized spacial score (nSPS) is 12.9. The van der Waals surface area contributed by atoms with Crippen LogP contribution in [0.1, 0.15) is 12.5 Å². The standard InChI is InChI=1S/C14H23FN4O3S/c1-11(23(16,21)22)9-18-14(20)17-7-8-19(2)10-12-3-5-13(15)6-4-12/h3-6,11H,7-10H2,1-2H3,(H2,16,21,22)(H2,17,18,20)/t11-/m0/s1. The Balaban J connectivity index is 2.22. The van der Waals surface area contributed by atoms with Gasteiger partial charge in [-0.2, -0.15) is 0 Å². The zero-order valence-electron chi connectivity index (χ0n) is 13.3. The van der Waals surface area contributed by atoms with Gasteiger partial charge in [-0.25, -0.2) is 22.7 Å². The van der Waals surface area contributed by atoms with E-state index in [1.165, 1.54) is 19.1 Å². The summed E-state index contributed by atoms with van der Waals surface area (Å²) in [5.41, 5.74) is 0.973. The monoisotopic (exact) mass is 346 g/mol. The first kappa shape index (κ1) is 19.3. The Morgan fingerprint density at radius 1 is 1.30 bits per heavy atom. The summed E-state index contributed by atoms with van der Waals surface area (Å²) in [4.78, 5) is 13.5. The molecule has 0 heterocycles. The number of halogens is 1. The molecule has 0 aliphatic rings. The van der Waals surface area contributed by atoms with Crippen LogP contribution in [0.15, 0.2) is 24.3 Å². The van der Waals surface area contributed by atoms with Crippen molar-refractivity contribution in [3.63, 3.8) is 0 Å². The van der Waals surface area contributed by atoms with Crippen molar-refractivity contribution in [3.05, 3.63) is 35.6 Å². The maximum absolute atomic E-state index is 12.8. The molecule has 9 heteroatoms. The van der Waals surface area contributed by atoms with E-state index in [1.54, 1.807) is 12.1 Å². The number of hydrogen-bond donors (Lipinski definition) is 3. The number of nitrogens with one attached hydrogen (secondary N) is 2. The van der Waals surface area contributed by atoms with E-state index in [1.807, 2.05) is 11.9 Å². The van der Waals surface area contributed by atoms with Crippen LogP contribution in [0.25, 0.3) is 0 Å². The van der Waals surface area contributed by atoms with E-state index in [4.69, 9.17) is 5.14 Å². The van der Waals surface area contributed by atoms with Gasteiger partial charge in [0.25, 0.3) is 0 Å². The SMILES string of the molecule is C[C@@H](CNC(=O)NCCN(C)Cc1ccc(F)cc1)S(N)(=O)=O. The summed E-state index contributed by atoms with van der Waals surface area (Å²) in [6, 6.07) is 5.78. The third-order valence-corrected chi connectivity index (χ3v) is 4.54. The maximum atomic E-state index is 12.8. The molecule has 130 valence electrons. The summed E-state index contributed by atoms with van der Waals surface area (Å²) >= 11 is 0. The number of benzene rings is 1. The van der Waals surface area contributed by atoms with Crippen molar-refractivity contribution >= 4 is 16.1 Å². The molecule has 0 aliphatic heterocycles. The summed E-state index contributed by atoms with van der Waals surface area (Å²) in [5.74, 6) is -0.275. The average molecular weight is 346 g/mol. The van der Waals surface area contributed by atoms with Crippen molar-refractivity contribution in [2.24, 2.45) is 5.14 Å². The Labute approximate surface area is 136 Å². The van der Waals surface area contributed by atoms with Gasteiger partial charge in [0.15, 0.2) is 0 Å². The van der Waals surface area contributed by atoms with Crippen LogP contribution in [-0.2, 0) is 16.6 Å². The molecule has 0 spiro atoms. The molecule has 23 heavy (non-hydrogen) atoms. The molecule has 1 atom stereocenters. The van der Waals surface area contributed by atoms with Crippen LogP contribution in [0.5, 0.6) is 0 Å². The minimum Gasteiger partial charge on any atom is -0.337 e. The highest BCUT2D eigenvalue weighted by atomic mass is 32.2. The molecule has 1 aromatic rings. The van der Waals surface area contributed by atoms with Gasteiger partial charge in [0.2, 0.25) is 10.0 Å². The van der Waals surface area contributed by atoms with Crippen LogP contribution in [0.2, 0.25) is 0 Å². The maximum Gasteiger partial charge on any atom is 0.314 e. The highest BCUT2D eigenvalue weighted by molar-refractivity contribution is 7.89. The first-order chi connectivity index (χ1) is 10.7. The van der Waals surface area contributed by atoms with Gasteiger partial charge in [-0.15, -0.1) is 0 Å². The number of sulfonamides is 1. The predicted octanol–water partition coefficient (Wildman–Crippen LogP) is 0.234. The number of primary sulfonamides is 1. The number of nitrogens with zero attached hydrogens (tertiary/aromatic N) is 1. The van der Waals surface area contributed by atoms with Gasteiger partial charge in [0, 0.05) is 26.2 Å². The van der Waals surface area contributed by atoms with E-state index >= 15 is 0 Å². The minimum absolute atomic E-state index is 0.0456. The largest absolute Gasteiger partial charge is 0.337 e. The fourth-order valence-corrected chi connectivity index (χ4v) is 2.07. The molecule has 0 aromatic heterocycles. The third kappa shape index (κ3) is 7.91. The molecule has 0 bridgehead atoms. The van der Waals surface area contributed by atoms with E-state index < -0.39 is 21.3 Å². The number of carbonyl (C=O) groups is 1. The Morgan fingerprint density at radius 2 is 1.91 bits per heavy atom. The van der Waals surface area contributed by atoms with E-state index in [9.17, 15) is 17.6 Å². The predicted molar refractivity (Wildman–Crippen MR) is 86.7 cm³/mol. The Morgan fingerprint density at radius 3 is 2.48 bits per heavy atom. The van der Waals surface area contributed by atoms with Crippen molar-refractivity contribution in [1.29, 1.82) is 0 Å². The van der Waals surface area contributed by atoms with Crippen LogP contribution in [0.3, 0.4) is 0 Å². The smallest absolute Gasteiger partial charge is 0.314 e. The molecule has 0 fully saturated rings. The van der Waals surface area contributed by atoms with Gasteiger partial charge in [-0.1, -0.05) is 12.1 Å². The zero-order valence-corrected chi connectivity index (χ0v) is 14.1. The molecule has 0 aliphatic carbocycles. The van der Waals surface area contributed by atoms with Crippen molar-refractivity contribution in [3.8, 4) is 0 Å². The van der Waals surface area contributed by atoms with E-state index in [2.05, 4.69) is 10.6 Å². The van der Waals surface area contributed by atoms with Gasteiger partial charge in [-0.05, 0) is 31.7 Å². The summed E-state index contributed by atoms with van der Waals surface area (Å²) in [7, 11) is -1.77. The fraction of sp³-hybridized carbons (Fsp3) is 0.500. The van der Waals surface area contributed by atoms with Gasteiger partial charge in [-0.3, -0.25) is 0 Å². The number of rotatable bonds is 8. The van der Waals surface area contributed by atoms with Gasteiger partial charge in [0.1, 0.15) is 5.82 Å². The summed E-state index contributed by atoms with van der Waals surface area (Å²) in [6.07, 6.45) is 0. The van der Waals surface area contributed by atoms with E-state index in [0.717, 1.165) is 5.56 Å². The van der Waals surface area contributed by atoms with Crippen LogP contribution < -0.4 is 15.8 Å². The Kier molecular flexibility index (Phi) is 7.40. The number of nitrogens with two attached hydrogens (primary N) is 1. The molecule has 0 unspecified atom stereocenters. The number of hydrogen-bond acceptors (Lipinski definition) is 4. The van der Waals surface area contributed by atoms with Crippen LogP contribution in [0.4, 0.5) is 9.18 Å². The first-order valence-corrected chi connectivity index (χ1v) is 8.75. The fourth-order valence-electron chi connectivity index (χ4n) is 1.76. The van der Waals surface area contributed by atoms with Gasteiger partial charge >= 0.3 is 6.03 Å². The molecule has 1 rings (SSSR count). The quantitative estimate of drug-likeness (QED) is 0.627. The van der Waals surface area contributed by atoms with E-state index in [0.29, 0.717) is 19.6 Å². The van der Waals surface area contributed by atoms with Crippen LogP contribution in [-0.4, -0.2) is 51.3 Å². The second kappa shape index (κ2) is 8.80. The van der Waals surface area contributed by atoms with Crippen molar-refractivity contribution < 1.29 is 17.6 Å². The Bertz CT molecular complexity index is 607. The zero-order chi connectivity index (χ0) is 17.5. The molecular formula is C14H23FN4O3S. The topological polar surface area (TPSA) is 105 Å². The average Bonchev–Trinajstić information content (AvgIpc) is 2.46. The van der Waals surface area contributed by atoms with Gasteiger partial charge in [0.05, 0.1) is 5.25 Å². The molecular weight excluding hydrogens is 323 g/mol. The summed E-state index contributed by atoms with van der Waals surface area (Å²) < 4.78 is 34.8. The summed E-state index contributed by atoms with van der Waals surface area (Å²) in [5, 5.41) is 9.20. The lowest BCUT2D eigenvalue weighted by molar-refractivity contribution is 0.238. The Hall–Kier alpha value is -1.71. The minimum atomic E-state index is -3.65. The first-order valence-electron chi connectivity index (χ1n) is 7.15. The second-order valence-corrected chi connectivity index (χ2v) is 7.38. The van der Waals surface area contributed by atoms with E-state index in [-0.39, 0.29) is 12.4 Å². The molecule has 7 nitrogen and oxygen atoms in total.